The Morgan fingerprint density at radius 2 is 1.67 bits per heavy atom. The number of nitrogens with zero attached hydrogens (tertiary/aromatic N) is 3. The minimum Gasteiger partial charge on any atom is -0.453 e. The van der Waals surface area contributed by atoms with Gasteiger partial charge in [-0.1, -0.05) is 77.4 Å². The summed E-state index contributed by atoms with van der Waals surface area (Å²) in [5.41, 5.74) is 9.73. The molecule has 0 radical (unpaired) electrons. The fourth-order valence-electron chi connectivity index (χ4n) is 8.23. The van der Waals surface area contributed by atoms with Gasteiger partial charge in [0.1, 0.15) is 17.9 Å². The molecule has 2 aliphatic carbocycles. The van der Waals surface area contributed by atoms with Crippen LogP contribution in [-0.2, 0) is 31.6 Å². The summed E-state index contributed by atoms with van der Waals surface area (Å²) in [5, 5.41) is 5.57. The van der Waals surface area contributed by atoms with Crippen LogP contribution in [0.5, 0.6) is 0 Å². The Hall–Kier alpha value is -5.63. The molecule has 12 nitrogen and oxygen atoms in total. The number of amides is 4. The van der Waals surface area contributed by atoms with Gasteiger partial charge in [-0.05, 0) is 89.5 Å². The third-order valence-corrected chi connectivity index (χ3v) is 12.5. The molecule has 0 bridgehead atoms. The van der Waals surface area contributed by atoms with E-state index in [0.29, 0.717) is 77.4 Å². The highest BCUT2D eigenvalue weighted by atomic mass is 19.3. The Bertz CT molecular complexity index is 2290. The Morgan fingerprint density at radius 3 is 2.32 bits per heavy atom. The first-order valence-electron chi connectivity index (χ1n) is 20.9. The lowest BCUT2D eigenvalue weighted by Gasteiger charge is -2.31. The predicted molar refractivity (Wildman–Crippen MR) is 226 cm³/mol. The smallest absolute Gasteiger partial charge is 0.407 e. The SMILES string of the molecule is CCC(C)C(NC(=O)OC)C(=O)N1CCC[C@H]1C(=O)Nc1cccc(-c2ccc3c(c2)C(F)(F)c2cc(-c4cnc(CN(CC5(C)CC5)C(=O)C(N)C(C)C)[nH]4)ccc2-3)c1. The van der Waals surface area contributed by atoms with Crippen molar-refractivity contribution in [1.82, 2.24) is 25.1 Å². The van der Waals surface area contributed by atoms with E-state index in [1.807, 2.05) is 27.7 Å². The third kappa shape index (κ3) is 8.52. The van der Waals surface area contributed by atoms with E-state index in [-0.39, 0.29) is 52.6 Å². The van der Waals surface area contributed by atoms with Crippen LogP contribution in [0.3, 0.4) is 0 Å². The quantitative estimate of drug-likeness (QED) is 0.101. The molecule has 2 fully saturated rings. The number of hydrogen-bond acceptors (Lipinski definition) is 7. The number of nitrogens with one attached hydrogen (secondary N) is 3. The normalized spacial score (nSPS) is 18.6. The van der Waals surface area contributed by atoms with E-state index in [2.05, 4.69) is 27.5 Å². The van der Waals surface area contributed by atoms with E-state index in [4.69, 9.17) is 10.5 Å². The number of H-pyrrole nitrogens is 1. The van der Waals surface area contributed by atoms with Gasteiger partial charge in [-0.2, -0.15) is 8.78 Å². The highest BCUT2D eigenvalue weighted by molar-refractivity contribution is 5.99. The average molecular weight is 824 g/mol. The molecule has 7 rings (SSSR count). The molecule has 0 spiro atoms. The third-order valence-electron chi connectivity index (χ3n) is 12.5. The summed E-state index contributed by atoms with van der Waals surface area (Å²) in [4.78, 5) is 63.8. The van der Waals surface area contributed by atoms with Crippen molar-refractivity contribution < 1.29 is 32.7 Å². The number of hydrogen-bond donors (Lipinski definition) is 4. The van der Waals surface area contributed by atoms with Gasteiger partial charge in [-0.15, -0.1) is 0 Å². The van der Waals surface area contributed by atoms with Crippen molar-refractivity contribution in [3.05, 3.63) is 83.8 Å². The summed E-state index contributed by atoms with van der Waals surface area (Å²) in [6.07, 6.45) is 4.69. The van der Waals surface area contributed by atoms with Crippen molar-refractivity contribution in [2.24, 2.45) is 23.0 Å². The van der Waals surface area contributed by atoms with E-state index in [0.717, 1.165) is 12.8 Å². The number of benzene rings is 3. The van der Waals surface area contributed by atoms with Gasteiger partial charge in [-0.3, -0.25) is 14.4 Å². The lowest BCUT2D eigenvalue weighted by molar-refractivity contribution is -0.139. The van der Waals surface area contributed by atoms with Gasteiger partial charge in [0.25, 0.3) is 5.92 Å². The number of methoxy groups -OCH3 is 1. The Morgan fingerprint density at radius 1 is 1.00 bits per heavy atom. The average Bonchev–Trinajstić information content (AvgIpc) is 3.55. The molecule has 3 aromatic carbocycles. The molecule has 4 aromatic rings. The van der Waals surface area contributed by atoms with Crippen LogP contribution in [-0.4, -0.2) is 81.9 Å². The van der Waals surface area contributed by atoms with Crippen LogP contribution in [0.25, 0.3) is 33.5 Å². The van der Waals surface area contributed by atoms with E-state index >= 15 is 8.78 Å². The van der Waals surface area contributed by atoms with Gasteiger partial charge < -0.3 is 35.9 Å². The molecule has 2 heterocycles. The fraction of sp³-hybridized carbons (Fsp3) is 0.457. The lowest BCUT2D eigenvalue weighted by atomic mass is 9.97. The second-order valence-electron chi connectivity index (χ2n) is 17.4. The number of halogens is 2. The van der Waals surface area contributed by atoms with Gasteiger partial charge in [0.2, 0.25) is 17.7 Å². The number of carbonyl (C=O) groups is 4. The van der Waals surface area contributed by atoms with Gasteiger partial charge in [0, 0.05) is 35.5 Å². The number of alkyl halides is 2. The molecule has 1 aliphatic heterocycles. The van der Waals surface area contributed by atoms with E-state index in [9.17, 15) is 19.2 Å². The fourth-order valence-corrected chi connectivity index (χ4v) is 8.23. The summed E-state index contributed by atoms with van der Waals surface area (Å²) in [6.45, 7) is 11.0. The van der Waals surface area contributed by atoms with Crippen molar-refractivity contribution in [3.8, 4) is 33.5 Å². The van der Waals surface area contributed by atoms with Crippen LogP contribution in [0.2, 0.25) is 0 Å². The van der Waals surface area contributed by atoms with Crippen molar-refractivity contribution in [2.45, 2.75) is 97.3 Å². The van der Waals surface area contributed by atoms with Gasteiger partial charge in [-0.25, -0.2) is 9.78 Å². The first-order chi connectivity index (χ1) is 28.5. The van der Waals surface area contributed by atoms with Gasteiger partial charge in [0.15, 0.2) is 0 Å². The van der Waals surface area contributed by atoms with Crippen LogP contribution in [0, 0.1) is 17.3 Å². The summed E-state index contributed by atoms with van der Waals surface area (Å²) >= 11 is 0. The zero-order valence-electron chi connectivity index (χ0n) is 35.1. The molecule has 4 atom stereocenters. The molecule has 1 saturated heterocycles. The summed E-state index contributed by atoms with van der Waals surface area (Å²) < 4.78 is 37.6. The molecular formula is C46H55F2N7O5. The number of alkyl carbamates (subject to hydrolysis) is 1. The minimum atomic E-state index is -3.30. The number of ether oxygens (including phenoxy) is 1. The minimum absolute atomic E-state index is 0.0215. The van der Waals surface area contributed by atoms with Crippen molar-refractivity contribution in [3.63, 3.8) is 0 Å². The number of nitrogens with two attached hydrogens (primary N) is 1. The van der Waals surface area contributed by atoms with Gasteiger partial charge >= 0.3 is 6.09 Å². The molecule has 1 aromatic heterocycles. The summed E-state index contributed by atoms with van der Waals surface area (Å²) in [6, 6.07) is 14.8. The molecule has 4 amide bonds. The van der Waals surface area contributed by atoms with Crippen molar-refractivity contribution in [1.29, 1.82) is 0 Å². The number of carbonyl (C=O) groups excluding carboxylic acids is 4. The molecule has 318 valence electrons. The molecule has 1 saturated carbocycles. The Kier molecular flexibility index (Phi) is 11.9. The monoisotopic (exact) mass is 823 g/mol. The molecule has 14 heteroatoms. The first kappa shape index (κ1) is 42.5. The van der Waals surface area contributed by atoms with Crippen LogP contribution < -0.4 is 16.4 Å². The Labute approximate surface area is 349 Å². The molecular weight excluding hydrogens is 769 g/mol. The van der Waals surface area contributed by atoms with E-state index in [1.54, 1.807) is 59.6 Å². The number of rotatable bonds is 14. The zero-order valence-corrected chi connectivity index (χ0v) is 35.1. The molecule has 3 unspecified atom stereocenters. The maximum atomic E-state index is 16.4. The second kappa shape index (κ2) is 16.8. The van der Waals surface area contributed by atoms with Crippen LogP contribution in [0.15, 0.2) is 66.9 Å². The van der Waals surface area contributed by atoms with E-state index < -0.39 is 30.1 Å². The molecule has 3 aliphatic rings. The first-order valence-corrected chi connectivity index (χ1v) is 20.9. The standard InChI is InChI=1S/C46H55F2N7O5/c1-7-27(4)40(53-44(59)60-6)43(58)55-19-9-12-37(55)41(56)51-31-11-8-10-28(20-31)29-13-15-32-33-16-14-30(22-35(33)46(47,48)34(32)21-29)36-23-50-38(52-36)24-54(25-45(5)17-18-45)42(57)39(49)26(2)3/h8,10-11,13-16,20-23,26-27,37,39-40H,7,9,12,17-19,24-25,49H2,1-6H3,(H,50,52)(H,51,56)(H,53,59)/t27?,37-,39?,40?/m0/s1. The van der Waals surface area contributed by atoms with E-state index in [1.165, 1.54) is 24.1 Å². The number of aromatic nitrogens is 2. The van der Waals surface area contributed by atoms with Crippen molar-refractivity contribution in [2.75, 3.05) is 25.5 Å². The zero-order chi connectivity index (χ0) is 43.1. The highest BCUT2D eigenvalue weighted by Crippen LogP contribution is 2.53. The number of aromatic amines is 1. The number of anilines is 1. The van der Waals surface area contributed by atoms with Gasteiger partial charge in [0.05, 0.1) is 31.6 Å². The summed E-state index contributed by atoms with van der Waals surface area (Å²) in [7, 11) is 1.23. The maximum absolute atomic E-state index is 16.4. The molecule has 5 N–H and O–H groups in total. The summed E-state index contributed by atoms with van der Waals surface area (Å²) in [5.74, 6) is -3.80. The Balaban J connectivity index is 1.06. The van der Waals surface area contributed by atoms with Crippen molar-refractivity contribution >= 4 is 29.5 Å². The van der Waals surface area contributed by atoms with Crippen LogP contribution in [0.1, 0.15) is 83.7 Å². The second-order valence-corrected chi connectivity index (χ2v) is 17.4. The number of imidazole rings is 1. The topological polar surface area (TPSA) is 163 Å². The van der Waals surface area contributed by atoms with Crippen LogP contribution >= 0.6 is 0 Å². The van der Waals surface area contributed by atoms with Crippen LogP contribution in [0.4, 0.5) is 19.3 Å². The number of fused-ring (bicyclic) bond motifs is 3. The highest BCUT2D eigenvalue weighted by Gasteiger charge is 2.45. The predicted octanol–water partition coefficient (Wildman–Crippen LogP) is 7.68. The maximum Gasteiger partial charge on any atom is 0.407 e. The lowest BCUT2D eigenvalue weighted by Crippen LogP contribution is -2.54. The number of likely N-dealkylation sites (tertiary alicyclic amines) is 1. The molecule has 60 heavy (non-hydrogen) atoms. The largest absolute Gasteiger partial charge is 0.453 e.